The van der Waals surface area contributed by atoms with E-state index in [4.69, 9.17) is 23.9 Å². The third-order valence-electron chi connectivity index (χ3n) is 9.97. The molecule has 2 aromatic heterocycles. The topological polar surface area (TPSA) is 127 Å². The highest BCUT2D eigenvalue weighted by atomic mass is 79.9. The fourth-order valence-corrected chi connectivity index (χ4v) is 7.72. The summed E-state index contributed by atoms with van der Waals surface area (Å²) in [5, 5.41) is 9.71. The van der Waals surface area contributed by atoms with Gasteiger partial charge in [0.15, 0.2) is 0 Å². The summed E-state index contributed by atoms with van der Waals surface area (Å²) in [7, 11) is 0. The van der Waals surface area contributed by atoms with Crippen molar-refractivity contribution in [2.75, 3.05) is 63.2 Å². The Kier molecular flexibility index (Phi) is 18.8. The number of nitrogens with zero attached hydrogens (tertiary/aromatic N) is 4. The summed E-state index contributed by atoms with van der Waals surface area (Å²) in [5.74, 6) is 0. The number of benzene rings is 4. The van der Waals surface area contributed by atoms with Crippen molar-refractivity contribution in [2.45, 2.75) is 73.3 Å². The molecule has 0 saturated carbocycles. The molecule has 2 N–H and O–H groups in total. The Morgan fingerprint density at radius 3 is 1.49 bits per heavy atom. The van der Waals surface area contributed by atoms with Gasteiger partial charge in [0.1, 0.15) is 11.2 Å². The van der Waals surface area contributed by atoms with E-state index in [0.717, 1.165) is 130 Å². The number of amides is 2. The molecule has 0 unspecified atom stereocenters. The van der Waals surface area contributed by atoms with Crippen molar-refractivity contribution in [3.05, 3.63) is 130 Å². The van der Waals surface area contributed by atoms with Crippen LogP contribution in [0.25, 0.3) is 32.7 Å². The van der Waals surface area contributed by atoms with E-state index < -0.39 is 23.4 Å². The maximum atomic E-state index is 12.3. The summed E-state index contributed by atoms with van der Waals surface area (Å²) in [5.41, 5.74) is 4.72. The fourth-order valence-electron chi connectivity index (χ4n) is 7.01. The number of ether oxygens (including phenoxy) is 4. The molecule has 4 aromatic carbocycles. The Bertz CT molecular complexity index is 2460. The number of rotatable bonds is 7. The highest BCUT2D eigenvalue weighted by molar-refractivity contribution is 9.11. The molecule has 2 aliphatic heterocycles. The number of aromatic nitrogens is 2. The normalized spacial score (nSPS) is 14.5. The molecule has 4 heterocycles. The monoisotopic (exact) mass is 1010 g/mol. The molecule has 2 aliphatic rings. The van der Waals surface area contributed by atoms with E-state index in [9.17, 15) is 9.59 Å². The number of hydrogen-bond donors (Lipinski definition) is 2. The molecule has 0 aliphatic carbocycles. The number of carbonyl (C=O) groups is 2. The van der Waals surface area contributed by atoms with Crippen LogP contribution >= 0.6 is 31.9 Å². The van der Waals surface area contributed by atoms with Gasteiger partial charge in [0, 0.05) is 76.9 Å². The maximum Gasteiger partial charge on any atom is 0.412 e. The van der Waals surface area contributed by atoms with Crippen LogP contribution in [0.3, 0.4) is 0 Å². The zero-order valence-corrected chi connectivity index (χ0v) is 40.6. The van der Waals surface area contributed by atoms with Gasteiger partial charge in [0.05, 0.1) is 49.2 Å². The van der Waals surface area contributed by atoms with Crippen molar-refractivity contribution < 1.29 is 28.5 Å². The van der Waals surface area contributed by atoms with Crippen LogP contribution < -0.4 is 10.6 Å². The van der Waals surface area contributed by atoms with Crippen LogP contribution in [-0.2, 0) is 32.0 Å². The highest BCUT2D eigenvalue weighted by Crippen LogP contribution is 2.34. The molecular formula is C51H62Br2N6O6. The summed E-state index contributed by atoms with van der Waals surface area (Å²) in [6, 6.07) is 31.9. The van der Waals surface area contributed by atoms with E-state index in [1.165, 1.54) is 0 Å². The van der Waals surface area contributed by atoms with Crippen molar-refractivity contribution in [1.29, 1.82) is 0 Å². The van der Waals surface area contributed by atoms with Crippen LogP contribution in [0.5, 0.6) is 0 Å². The van der Waals surface area contributed by atoms with E-state index >= 15 is 0 Å². The Morgan fingerprint density at radius 1 is 0.585 bits per heavy atom. The predicted octanol–water partition coefficient (Wildman–Crippen LogP) is 12.3. The minimum Gasteiger partial charge on any atom is -0.444 e. The van der Waals surface area contributed by atoms with Gasteiger partial charge < -0.3 is 18.9 Å². The Balaban J connectivity index is 0.000000199. The van der Waals surface area contributed by atoms with Gasteiger partial charge in [0.25, 0.3) is 0 Å². The third-order valence-corrected chi connectivity index (χ3v) is 11.1. The first-order valence-electron chi connectivity index (χ1n) is 21.5. The second-order valence-corrected chi connectivity index (χ2v) is 19.2. The molecular weight excluding hydrogens is 952 g/mol. The quantitative estimate of drug-likeness (QED) is 0.160. The average molecular weight is 1010 g/mol. The van der Waals surface area contributed by atoms with Crippen LogP contribution in [-0.4, -0.2) is 95.8 Å². The number of nitrogens with one attached hydrogen (secondary N) is 2. The van der Waals surface area contributed by atoms with Crippen LogP contribution in [0.15, 0.2) is 118 Å². The second-order valence-electron chi connectivity index (χ2n) is 17.4. The number of pyridine rings is 2. The molecule has 2 amide bonds. The zero-order valence-electron chi connectivity index (χ0n) is 37.5. The van der Waals surface area contributed by atoms with Gasteiger partial charge in [-0.15, -0.1) is 0 Å². The molecule has 0 atom stereocenters. The van der Waals surface area contributed by atoms with Gasteiger partial charge in [-0.2, -0.15) is 0 Å². The number of morpholine rings is 2. The molecule has 0 radical (unpaired) electrons. The van der Waals surface area contributed by atoms with Crippen molar-refractivity contribution in [1.82, 2.24) is 19.8 Å². The summed E-state index contributed by atoms with van der Waals surface area (Å²) < 4.78 is 23.4. The molecule has 2 fully saturated rings. The van der Waals surface area contributed by atoms with E-state index in [1.54, 1.807) is 0 Å². The summed E-state index contributed by atoms with van der Waals surface area (Å²) in [4.78, 5) is 37.8. The first-order chi connectivity index (χ1) is 30.6. The standard InChI is InChI=1S/C25H29N3O3.C15H16BrNO2.C10H13BrN2O.CH4/c1-25(2,3)31-24(29)27-23-11-10-20(21-6-4-5-7-22(21)23)18-8-9-19(26-16-18)17-28-12-14-30-15-13-28;1-15(2,3)19-14(18)17-13-9-8-12(16)10-6-4-5-7-11(10)13;11-9-1-2-10(12-7-9)8-13-3-5-14-6-4-13;/h4-11,16H,12-15,17H2,1-3H3,(H,27,29);4-9H,1-3H3,(H,17,18);1-2,7H,3-6,8H2;1H4. The third kappa shape index (κ3) is 16.2. The lowest BCUT2D eigenvalue weighted by molar-refractivity contribution is 0.0336. The smallest absolute Gasteiger partial charge is 0.412 e. The van der Waals surface area contributed by atoms with Crippen LogP contribution in [0.1, 0.15) is 60.4 Å². The SMILES string of the molecule is Brc1ccc(CN2CCOCC2)nc1.C.CC(C)(C)OC(=O)Nc1ccc(-c2ccc(CN3CCOCC3)nc2)c2ccccc12.CC(C)(C)OC(=O)Nc1ccc(Br)c2ccccc12. The first kappa shape index (κ1) is 51.0. The lowest BCUT2D eigenvalue weighted by Crippen LogP contribution is -2.35. The lowest BCUT2D eigenvalue weighted by Gasteiger charge is -2.26. The number of halogens is 2. The molecule has 0 bridgehead atoms. The Morgan fingerprint density at radius 2 is 1.03 bits per heavy atom. The summed E-state index contributed by atoms with van der Waals surface area (Å²) >= 11 is 6.88. The average Bonchev–Trinajstić information content (AvgIpc) is 3.26. The molecule has 6 aromatic rings. The fraction of sp³-hybridized carbons (Fsp3) is 0.373. The second kappa shape index (κ2) is 24.0. The molecule has 0 spiro atoms. The van der Waals surface area contributed by atoms with Gasteiger partial charge in [0.2, 0.25) is 0 Å². The highest BCUT2D eigenvalue weighted by Gasteiger charge is 2.19. The van der Waals surface area contributed by atoms with E-state index in [-0.39, 0.29) is 7.43 Å². The molecule has 346 valence electrons. The van der Waals surface area contributed by atoms with Crippen LogP contribution in [0.2, 0.25) is 0 Å². The number of fused-ring (bicyclic) bond motifs is 2. The minimum absolute atomic E-state index is 0. The largest absolute Gasteiger partial charge is 0.444 e. The number of carbonyl (C=O) groups excluding carboxylic acids is 2. The first-order valence-corrected chi connectivity index (χ1v) is 23.0. The minimum atomic E-state index is -0.547. The lowest BCUT2D eigenvalue weighted by atomic mass is 9.98. The number of hydrogen-bond acceptors (Lipinski definition) is 10. The maximum absolute atomic E-state index is 12.3. The van der Waals surface area contributed by atoms with Crippen molar-refractivity contribution in [2.24, 2.45) is 0 Å². The van der Waals surface area contributed by atoms with Crippen LogP contribution in [0, 0.1) is 0 Å². The summed E-state index contributed by atoms with van der Waals surface area (Å²) in [6.45, 7) is 20.0. The van der Waals surface area contributed by atoms with E-state index in [0.29, 0.717) is 0 Å². The van der Waals surface area contributed by atoms with Crippen molar-refractivity contribution in [3.63, 3.8) is 0 Å². The van der Waals surface area contributed by atoms with Gasteiger partial charge >= 0.3 is 12.2 Å². The van der Waals surface area contributed by atoms with Gasteiger partial charge in [-0.05, 0) is 110 Å². The molecule has 12 nitrogen and oxygen atoms in total. The Labute approximate surface area is 400 Å². The molecule has 2 saturated heterocycles. The van der Waals surface area contributed by atoms with Crippen molar-refractivity contribution in [3.8, 4) is 11.1 Å². The van der Waals surface area contributed by atoms with Crippen molar-refractivity contribution >= 4 is 77.0 Å². The predicted molar refractivity (Wildman–Crippen MR) is 269 cm³/mol. The van der Waals surface area contributed by atoms with E-state index in [2.05, 4.69) is 81.5 Å². The Hall–Kier alpha value is -4.96. The molecule has 14 heteroatoms. The molecule has 8 rings (SSSR count). The van der Waals surface area contributed by atoms with E-state index in [1.807, 2.05) is 127 Å². The zero-order chi connectivity index (χ0) is 45.7. The van der Waals surface area contributed by atoms with Gasteiger partial charge in [-0.1, -0.05) is 84.0 Å². The summed E-state index contributed by atoms with van der Waals surface area (Å²) in [6.07, 6.45) is 2.87. The van der Waals surface area contributed by atoms with Gasteiger partial charge in [-0.25, -0.2) is 9.59 Å². The molecule has 65 heavy (non-hydrogen) atoms. The van der Waals surface area contributed by atoms with Gasteiger partial charge in [-0.3, -0.25) is 30.4 Å². The number of anilines is 2. The van der Waals surface area contributed by atoms with Crippen LogP contribution in [0.4, 0.5) is 21.0 Å².